The summed E-state index contributed by atoms with van der Waals surface area (Å²) in [4.78, 5) is 6.34. The van der Waals surface area contributed by atoms with Gasteiger partial charge in [0.1, 0.15) is 5.75 Å². The first-order valence-corrected chi connectivity index (χ1v) is 11.3. The number of methoxy groups -OCH3 is 1. The normalized spacial score (nSPS) is 10.6. The number of hydrogen-bond donors (Lipinski definition) is 1. The Morgan fingerprint density at radius 3 is 2.45 bits per heavy atom. The Kier molecular flexibility index (Phi) is 8.91. The van der Waals surface area contributed by atoms with Gasteiger partial charge in [0.2, 0.25) is 0 Å². The van der Waals surface area contributed by atoms with E-state index in [9.17, 15) is 0 Å². The Morgan fingerprint density at radius 1 is 1.06 bits per heavy atom. The van der Waals surface area contributed by atoms with Crippen LogP contribution >= 0.6 is 12.2 Å². The molecule has 0 amide bonds. The third kappa shape index (κ3) is 7.40. The Hall–Kier alpha value is -2.86. The smallest absolute Gasteiger partial charge is 0.173 e. The second-order valence-electron chi connectivity index (χ2n) is 7.65. The van der Waals surface area contributed by atoms with Crippen molar-refractivity contribution >= 4 is 23.0 Å². The monoisotopic (exact) mass is 436 g/mol. The van der Waals surface area contributed by atoms with Crippen LogP contribution in [0.15, 0.2) is 67.3 Å². The number of nitrogens with one attached hydrogen (secondary N) is 1. The molecule has 0 radical (unpaired) electrons. The first-order valence-electron chi connectivity index (χ1n) is 10.9. The van der Waals surface area contributed by atoms with E-state index in [2.05, 4.69) is 63.1 Å². The van der Waals surface area contributed by atoms with E-state index in [-0.39, 0.29) is 0 Å². The number of nitrogens with zero attached hydrogens (tertiary/aromatic N) is 3. The van der Waals surface area contributed by atoms with Gasteiger partial charge in [0.15, 0.2) is 5.11 Å². The lowest BCUT2D eigenvalue weighted by Crippen LogP contribution is -2.35. The molecule has 3 rings (SSSR count). The fraction of sp³-hybridized carbons (Fsp3) is 0.360. The minimum absolute atomic E-state index is 0.739. The number of rotatable bonds is 11. The summed E-state index contributed by atoms with van der Waals surface area (Å²) in [7, 11) is 1.68. The summed E-state index contributed by atoms with van der Waals surface area (Å²) in [6.07, 6.45) is 10.2. The van der Waals surface area contributed by atoms with E-state index in [0.717, 1.165) is 49.0 Å². The van der Waals surface area contributed by atoms with Crippen molar-refractivity contribution in [1.82, 2.24) is 14.5 Å². The molecule has 0 aliphatic heterocycles. The summed E-state index contributed by atoms with van der Waals surface area (Å²) < 4.78 is 7.37. The zero-order valence-electron chi connectivity index (χ0n) is 18.5. The summed E-state index contributed by atoms with van der Waals surface area (Å²) in [5, 5.41) is 4.16. The maximum Gasteiger partial charge on any atom is 0.173 e. The number of ether oxygens (including phenoxy) is 1. The Labute approximate surface area is 191 Å². The van der Waals surface area contributed by atoms with E-state index >= 15 is 0 Å². The van der Waals surface area contributed by atoms with E-state index < -0.39 is 0 Å². The molecule has 0 saturated carbocycles. The Balaban J connectivity index is 1.63. The standard InChI is InChI=1S/C25H32N4OS/c1-3-4-6-21-7-11-23(12-8-21)27-25(31)29(17-5-16-28-18-15-26-20-28)19-22-9-13-24(30-2)14-10-22/h7-15,18,20H,3-6,16-17,19H2,1-2H3,(H,27,31). The van der Waals surface area contributed by atoms with Crippen LogP contribution in [0.3, 0.4) is 0 Å². The van der Waals surface area contributed by atoms with Gasteiger partial charge < -0.3 is 19.5 Å². The maximum absolute atomic E-state index is 5.79. The summed E-state index contributed by atoms with van der Waals surface area (Å²) in [5.74, 6) is 0.860. The molecule has 1 heterocycles. The maximum atomic E-state index is 5.79. The molecule has 1 aromatic heterocycles. The third-order valence-corrected chi connectivity index (χ3v) is 5.61. The molecule has 0 fully saturated rings. The first kappa shape index (κ1) is 22.8. The summed E-state index contributed by atoms with van der Waals surface area (Å²) in [6.45, 7) is 4.73. The largest absolute Gasteiger partial charge is 0.497 e. The molecule has 0 bridgehead atoms. The molecule has 0 saturated heterocycles. The number of aromatic nitrogens is 2. The highest BCUT2D eigenvalue weighted by molar-refractivity contribution is 7.80. The molecular weight excluding hydrogens is 404 g/mol. The van der Waals surface area contributed by atoms with E-state index in [1.807, 2.05) is 30.9 Å². The molecule has 0 unspecified atom stereocenters. The van der Waals surface area contributed by atoms with Gasteiger partial charge in [-0.2, -0.15) is 0 Å². The van der Waals surface area contributed by atoms with Crippen molar-refractivity contribution in [2.75, 3.05) is 19.0 Å². The third-order valence-electron chi connectivity index (χ3n) is 5.25. The number of hydrogen-bond acceptors (Lipinski definition) is 3. The van der Waals surface area contributed by atoms with Crippen LogP contribution in [0.2, 0.25) is 0 Å². The van der Waals surface area contributed by atoms with Crippen molar-refractivity contribution in [3.05, 3.63) is 78.4 Å². The van der Waals surface area contributed by atoms with E-state index in [1.165, 1.54) is 24.0 Å². The van der Waals surface area contributed by atoms with Crippen molar-refractivity contribution < 1.29 is 4.74 Å². The van der Waals surface area contributed by atoms with Crippen molar-refractivity contribution in [3.63, 3.8) is 0 Å². The van der Waals surface area contributed by atoms with Gasteiger partial charge in [-0.05, 0) is 66.9 Å². The number of aryl methyl sites for hydroxylation is 2. The number of thiocarbonyl (C=S) groups is 1. The number of anilines is 1. The predicted molar refractivity (Wildman–Crippen MR) is 132 cm³/mol. The first-order chi connectivity index (χ1) is 15.2. The second-order valence-corrected chi connectivity index (χ2v) is 8.04. The summed E-state index contributed by atoms with van der Waals surface area (Å²) in [5.41, 5.74) is 3.59. The molecule has 31 heavy (non-hydrogen) atoms. The van der Waals surface area contributed by atoms with Gasteiger partial charge in [-0.3, -0.25) is 0 Å². The highest BCUT2D eigenvalue weighted by Gasteiger charge is 2.11. The van der Waals surface area contributed by atoms with Gasteiger partial charge in [-0.15, -0.1) is 0 Å². The number of unbranched alkanes of at least 4 members (excludes halogenated alkanes) is 1. The molecule has 6 heteroatoms. The van der Waals surface area contributed by atoms with Gasteiger partial charge in [-0.25, -0.2) is 4.98 Å². The van der Waals surface area contributed by atoms with Crippen LogP contribution in [0.5, 0.6) is 5.75 Å². The van der Waals surface area contributed by atoms with E-state index in [0.29, 0.717) is 0 Å². The topological polar surface area (TPSA) is 42.3 Å². The van der Waals surface area contributed by atoms with Crippen molar-refractivity contribution in [1.29, 1.82) is 0 Å². The van der Waals surface area contributed by atoms with E-state index in [1.54, 1.807) is 7.11 Å². The lowest BCUT2D eigenvalue weighted by molar-refractivity contribution is 0.394. The number of imidazole rings is 1. The SMILES string of the molecule is CCCCc1ccc(NC(=S)N(CCCn2ccnc2)Cc2ccc(OC)cc2)cc1. The van der Waals surface area contributed by atoms with Crippen LogP contribution < -0.4 is 10.1 Å². The zero-order chi connectivity index (χ0) is 21.9. The van der Waals surface area contributed by atoms with Crippen molar-refractivity contribution in [3.8, 4) is 5.75 Å². The average Bonchev–Trinajstić information content (AvgIpc) is 3.32. The lowest BCUT2D eigenvalue weighted by atomic mass is 10.1. The van der Waals surface area contributed by atoms with Crippen LogP contribution in [0.1, 0.15) is 37.3 Å². The molecule has 0 aliphatic rings. The fourth-order valence-corrected chi connectivity index (χ4v) is 3.68. The average molecular weight is 437 g/mol. The number of benzene rings is 2. The predicted octanol–water partition coefficient (Wildman–Crippen LogP) is 5.52. The zero-order valence-corrected chi connectivity index (χ0v) is 19.3. The molecule has 5 nitrogen and oxygen atoms in total. The van der Waals surface area contributed by atoms with Gasteiger partial charge in [0, 0.05) is 37.7 Å². The molecule has 164 valence electrons. The second kappa shape index (κ2) is 12.1. The van der Waals surface area contributed by atoms with E-state index in [4.69, 9.17) is 17.0 Å². The van der Waals surface area contributed by atoms with Crippen LogP contribution in [0, 0.1) is 0 Å². The summed E-state index contributed by atoms with van der Waals surface area (Å²) >= 11 is 5.79. The molecule has 2 aromatic carbocycles. The minimum Gasteiger partial charge on any atom is -0.497 e. The Bertz CT molecular complexity index is 908. The van der Waals surface area contributed by atoms with Gasteiger partial charge in [-0.1, -0.05) is 37.6 Å². The Morgan fingerprint density at radius 2 is 1.81 bits per heavy atom. The van der Waals surface area contributed by atoms with Gasteiger partial charge in [0.25, 0.3) is 0 Å². The van der Waals surface area contributed by atoms with Gasteiger partial charge >= 0.3 is 0 Å². The highest BCUT2D eigenvalue weighted by Crippen LogP contribution is 2.16. The minimum atomic E-state index is 0.739. The van der Waals surface area contributed by atoms with Crippen LogP contribution in [-0.2, 0) is 19.5 Å². The molecular formula is C25H32N4OS. The molecule has 3 aromatic rings. The van der Waals surface area contributed by atoms with Crippen molar-refractivity contribution in [2.24, 2.45) is 0 Å². The molecule has 0 aliphatic carbocycles. The summed E-state index contributed by atoms with van der Waals surface area (Å²) in [6, 6.07) is 16.8. The van der Waals surface area contributed by atoms with Crippen LogP contribution in [-0.4, -0.2) is 33.2 Å². The fourth-order valence-electron chi connectivity index (χ4n) is 3.41. The molecule has 0 atom stereocenters. The quantitative estimate of drug-likeness (QED) is 0.401. The van der Waals surface area contributed by atoms with Gasteiger partial charge in [0.05, 0.1) is 13.4 Å². The van der Waals surface area contributed by atoms with Crippen LogP contribution in [0.4, 0.5) is 5.69 Å². The van der Waals surface area contributed by atoms with Crippen LogP contribution in [0.25, 0.3) is 0 Å². The molecule has 0 spiro atoms. The van der Waals surface area contributed by atoms with Crippen molar-refractivity contribution in [2.45, 2.75) is 45.7 Å². The lowest BCUT2D eigenvalue weighted by Gasteiger charge is -2.26. The highest BCUT2D eigenvalue weighted by atomic mass is 32.1. The molecule has 1 N–H and O–H groups in total.